The van der Waals surface area contributed by atoms with E-state index >= 15 is 0 Å². The van der Waals surface area contributed by atoms with E-state index in [-0.39, 0.29) is 28.8 Å². The Morgan fingerprint density at radius 1 is 0.971 bits per heavy atom. The topological polar surface area (TPSA) is 104 Å². The van der Waals surface area contributed by atoms with Crippen molar-refractivity contribution in [3.05, 3.63) is 101 Å². The molecule has 0 radical (unpaired) electrons. The number of amides is 1. The highest BCUT2D eigenvalue weighted by Crippen LogP contribution is 2.43. The van der Waals surface area contributed by atoms with Crippen LogP contribution >= 0.6 is 0 Å². The second-order valence-electron chi connectivity index (χ2n) is 7.80. The van der Waals surface area contributed by atoms with Gasteiger partial charge in [-0.3, -0.25) is 19.3 Å². The Bertz CT molecular complexity index is 1350. The third-order valence-electron chi connectivity index (χ3n) is 5.63. The largest absolute Gasteiger partial charge is 0.507 e. The Morgan fingerprint density at radius 3 is 2.20 bits per heavy atom. The Labute approximate surface area is 198 Å². The number of nitrogens with zero attached hydrogens (tertiary/aromatic N) is 1. The molecule has 9 heteroatoms. The fraction of sp³-hybridized carbons (Fsp3) is 0.115. The number of hydrogen-bond donors (Lipinski definition) is 2. The predicted octanol–water partition coefficient (Wildman–Crippen LogP) is 4.23. The van der Waals surface area contributed by atoms with Crippen LogP contribution in [-0.4, -0.2) is 35.0 Å². The van der Waals surface area contributed by atoms with Crippen molar-refractivity contribution in [1.29, 1.82) is 0 Å². The smallest absolute Gasteiger partial charge is 0.307 e. The second kappa shape index (κ2) is 9.38. The molecule has 1 amide bonds. The lowest BCUT2D eigenvalue weighted by Gasteiger charge is -2.26. The first kappa shape index (κ1) is 23.6. The third kappa shape index (κ3) is 4.48. The molecule has 3 aromatic carbocycles. The van der Waals surface area contributed by atoms with E-state index in [0.717, 1.165) is 17.0 Å². The summed E-state index contributed by atoms with van der Waals surface area (Å²) >= 11 is 0. The molecule has 1 heterocycles. The Hall–Kier alpha value is -4.53. The molecule has 4 rings (SSSR count). The standard InChI is InChI=1S/C26H19F2NO6/c1-35-18-9-4-15(5-10-18)24(32)22-23(19-11-6-16(27)13-20(19)28)29(26(34)25(22)33)17-7-2-14(3-8-17)12-21(30)31/h2-11,13,23,32H,12H2,1H3,(H,30,31)/b24-22+. The summed E-state index contributed by atoms with van der Waals surface area (Å²) in [6.07, 6.45) is -0.257. The summed E-state index contributed by atoms with van der Waals surface area (Å²) < 4.78 is 33.6. The molecular formula is C26H19F2NO6. The summed E-state index contributed by atoms with van der Waals surface area (Å²) in [7, 11) is 1.46. The van der Waals surface area contributed by atoms with E-state index in [1.54, 1.807) is 12.1 Å². The van der Waals surface area contributed by atoms with Gasteiger partial charge in [0.25, 0.3) is 11.7 Å². The molecule has 1 aliphatic heterocycles. The first-order valence-corrected chi connectivity index (χ1v) is 10.4. The SMILES string of the molecule is COc1ccc(/C(O)=C2\C(=O)C(=O)N(c3ccc(CC(=O)O)cc3)C2c2ccc(F)cc2F)cc1. The molecule has 7 nitrogen and oxygen atoms in total. The van der Waals surface area contributed by atoms with E-state index in [4.69, 9.17) is 9.84 Å². The number of rotatable bonds is 6. The lowest BCUT2D eigenvalue weighted by molar-refractivity contribution is -0.136. The Kier molecular flexibility index (Phi) is 6.33. The fourth-order valence-electron chi connectivity index (χ4n) is 3.97. The molecule has 1 fully saturated rings. The van der Waals surface area contributed by atoms with E-state index in [1.165, 1.54) is 43.5 Å². The molecule has 0 bridgehead atoms. The highest BCUT2D eigenvalue weighted by Gasteiger charge is 2.47. The van der Waals surface area contributed by atoms with Crippen molar-refractivity contribution in [3.63, 3.8) is 0 Å². The van der Waals surface area contributed by atoms with Gasteiger partial charge in [0.05, 0.1) is 25.1 Å². The highest BCUT2D eigenvalue weighted by atomic mass is 19.1. The van der Waals surface area contributed by atoms with Crippen LogP contribution in [0.2, 0.25) is 0 Å². The number of ether oxygens (including phenoxy) is 1. The second-order valence-corrected chi connectivity index (χ2v) is 7.80. The molecule has 0 saturated carbocycles. The average molecular weight is 479 g/mol. The van der Waals surface area contributed by atoms with Gasteiger partial charge in [-0.1, -0.05) is 18.2 Å². The number of anilines is 1. The number of aliphatic hydroxyl groups excluding tert-OH is 1. The van der Waals surface area contributed by atoms with Crippen LogP contribution in [0.5, 0.6) is 5.75 Å². The molecule has 0 aromatic heterocycles. The molecular weight excluding hydrogens is 460 g/mol. The number of aliphatic hydroxyl groups is 1. The fourth-order valence-corrected chi connectivity index (χ4v) is 3.97. The minimum absolute atomic E-state index is 0.170. The number of halogens is 2. The van der Waals surface area contributed by atoms with Crippen LogP contribution in [0.1, 0.15) is 22.7 Å². The lowest BCUT2D eigenvalue weighted by Crippen LogP contribution is -2.30. The van der Waals surface area contributed by atoms with Crippen molar-refractivity contribution in [2.75, 3.05) is 12.0 Å². The molecule has 1 saturated heterocycles. The number of carbonyl (C=O) groups is 3. The van der Waals surface area contributed by atoms with Crippen LogP contribution in [0, 0.1) is 11.6 Å². The lowest BCUT2D eigenvalue weighted by atomic mass is 9.94. The molecule has 1 unspecified atom stereocenters. The van der Waals surface area contributed by atoms with E-state index in [0.29, 0.717) is 17.4 Å². The Morgan fingerprint density at radius 2 is 1.63 bits per heavy atom. The normalized spacial score (nSPS) is 17.0. The van der Waals surface area contributed by atoms with Crippen LogP contribution in [0.25, 0.3) is 5.76 Å². The van der Waals surface area contributed by atoms with Gasteiger partial charge in [-0.2, -0.15) is 0 Å². The van der Waals surface area contributed by atoms with E-state index in [1.807, 2.05) is 0 Å². The maximum Gasteiger partial charge on any atom is 0.307 e. The zero-order valence-electron chi connectivity index (χ0n) is 18.4. The van der Waals surface area contributed by atoms with Gasteiger partial charge in [-0.15, -0.1) is 0 Å². The van der Waals surface area contributed by atoms with Gasteiger partial charge in [0.2, 0.25) is 0 Å². The van der Waals surface area contributed by atoms with Crippen molar-refractivity contribution in [1.82, 2.24) is 0 Å². The number of hydrogen-bond acceptors (Lipinski definition) is 5. The summed E-state index contributed by atoms with van der Waals surface area (Å²) in [6.45, 7) is 0. The van der Waals surface area contributed by atoms with Crippen LogP contribution < -0.4 is 9.64 Å². The third-order valence-corrected chi connectivity index (χ3v) is 5.63. The number of methoxy groups -OCH3 is 1. The maximum atomic E-state index is 14.9. The van der Waals surface area contributed by atoms with Crippen LogP contribution in [0.3, 0.4) is 0 Å². The molecule has 0 aliphatic carbocycles. The molecule has 2 N–H and O–H groups in total. The number of ketones is 1. The summed E-state index contributed by atoms with van der Waals surface area (Å²) in [5.74, 6) is -5.04. The monoisotopic (exact) mass is 479 g/mol. The van der Waals surface area contributed by atoms with E-state index in [2.05, 4.69) is 0 Å². The maximum absolute atomic E-state index is 14.9. The van der Waals surface area contributed by atoms with Crippen LogP contribution in [-0.2, 0) is 20.8 Å². The molecule has 3 aromatic rings. The minimum atomic E-state index is -1.40. The average Bonchev–Trinajstić information content (AvgIpc) is 3.09. The van der Waals surface area contributed by atoms with Crippen molar-refractivity contribution in [2.45, 2.75) is 12.5 Å². The van der Waals surface area contributed by atoms with Gasteiger partial charge in [-0.05, 0) is 48.0 Å². The molecule has 1 aliphatic rings. The van der Waals surface area contributed by atoms with Gasteiger partial charge < -0.3 is 14.9 Å². The molecule has 178 valence electrons. The van der Waals surface area contributed by atoms with E-state index < -0.39 is 41.1 Å². The summed E-state index contributed by atoms with van der Waals surface area (Å²) in [4.78, 5) is 38.2. The number of benzene rings is 3. The summed E-state index contributed by atoms with van der Waals surface area (Å²) in [6, 6.07) is 13.1. The van der Waals surface area contributed by atoms with Crippen molar-refractivity contribution >= 4 is 29.1 Å². The van der Waals surface area contributed by atoms with Crippen molar-refractivity contribution < 1.29 is 38.1 Å². The number of Topliss-reactive ketones (excluding diaryl/α,β-unsaturated/α-hetero) is 1. The van der Waals surface area contributed by atoms with Crippen LogP contribution in [0.4, 0.5) is 14.5 Å². The number of carboxylic acids is 1. The van der Waals surface area contributed by atoms with Gasteiger partial charge in [0.15, 0.2) is 0 Å². The number of aliphatic carboxylic acids is 1. The number of carboxylic acid groups (broad SMARTS) is 1. The van der Waals surface area contributed by atoms with Gasteiger partial charge in [0, 0.05) is 22.9 Å². The molecule has 35 heavy (non-hydrogen) atoms. The molecule has 0 spiro atoms. The Balaban J connectivity index is 1.89. The zero-order chi connectivity index (χ0) is 25.3. The van der Waals surface area contributed by atoms with E-state index in [9.17, 15) is 28.3 Å². The van der Waals surface area contributed by atoms with Gasteiger partial charge in [0.1, 0.15) is 23.1 Å². The van der Waals surface area contributed by atoms with Gasteiger partial charge >= 0.3 is 5.97 Å². The highest BCUT2D eigenvalue weighted by molar-refractivity contribution is 6.51. The van der Waals surface area contributed by atoms with Crippen molar-refractivity contribution in [3.8, 4) is 5.75 Å². The predicted molar refractivity (Wildman–Crippen MR) is 122 cm³/mol. The quantitative estimate of drug-likeness (QED) is 0.312. The summed E-state index contributed by atoms with van der Waals surface area (Å²) in [5, 5.41) is 20.0. The minimum Gasteiger partial charge on any atom is -0.507 e. The van der Waals surface area contributed by atoms with Gasteiger partial charge in [-0.25, -0.2) is 8.78 Å². The number of carbonyl (C=O) groups excluding carboxylic acids is 2. The molecule has 1 atom stereocenters. The van der Waals surface area contributed by atoms with Crippen LogP contribution in [0.15, 0.2) is 72.3 Å². The first-order chi connectivity index (χ1) is 16.7. The van der Waals surface area contributed by atoms with Crippen molar-refractivity contribution in [2.24, 2.45) is 0 Å². The summed E-state index contributed by atoms with van der Waals surface area (Å²) in [5.41, 5.74) is 0.230. The first-order valence-electron chi connectivity index (χ1n) is 10.4. The zero-order valence-corrected chi connectivity index (χ0v) is 18.4.